The first-order valence-electron chi connectivity index (χ1n) is 8.84. The second kappa shape index (κ2) is 7.53. The van der Waals surface area contributed by atoms with Gasteiger partial charge in [-0.15, -0.1) is 0 Å². The van der Waals surface area contributed by atoms with Crippen molar-refractivity contribution in [2.24, 2.45) is 0 Å². The molecule has 1 aromatic carbocycles. The van der Waals surface area contributed by atoms with Crippen LogP contribution in [0.4, 0.5) is 4.79 Å². The zero-order chi connectivity index (χ0) is 18.8. The van der Waals surface area contributed by atoms with Gasteiger partial charge in [-0.05, 0) is 38.8 Å². The number of rotatable bonds is 3. The summed E-state index contributed by atoms with van der Waals surface area (Å²) in [7, 11) is 0. The SMILES string of the molecule is CCOC(=O)N1CCC(n2c(=O)c3cccc(Cl)c3n(CC)c2=O)CC1. The van der Waals surface area contributed by atoms with E-state index in [0.29, 0.717) is 55.0 Å². The van der Waals surface area contributed by atoms with Gasteiger partial charge in [0.15, 0.2) is 0 Å². The average Bonchev–Trinajstić information content (AvgIpc) is 2.64. The zero-order valence-electron chi connectivity index (χ0n) is 14.9. The molecule has 1 aliphatic rings. The van der Waals surface area contributed by atoms with Gasteiger partial charge in [0.2, 0.25) is 0 Å². The van der Waals surface area contributed by atoms with Crippen LogP contribution in [0.5, 0.6) is 0 Å². The van der Waals surface area contributed by atoms with Gasteiger partial charge >= 0.3 is 11.8 Å². The number of ether oxygens (including phenoxy) is 1. The number of benzene rings is 1. The highest BCUT2D eigenvalue weighted by molar-refractivity contribution is 6.35. The first-order chi connectivity index (χ1) is 12.5. The fraction of sp³-hybridized carbons (Fsp3) is 0.500. The number of carbonyl (C=O) groups is 1. The fourth-order valence-electron chi connectivity index (χ4n) is 3.54. The molecule has 0 N–H and O–H groups in total. The van der Waals surface area contributed by atoms with E-state index < -0.39 is 0 Å². The predicted octanol–water partition coefficient (Wildman–Crippen LogP) is 2.63. The topological polar surface area (TPSA) is 73.5 Å². The number of hydrogen-bond acceptors (Lipinski definition) is 4. The Kier molecular flexibility index (Phi) is 5.36. The normalized spacial score (nSPS) is 15.4. The second-order valence-corrected chi connectivity index (χ2v) is 6.66. The summed E-state index contributed by atoms with van der Waals surface area (Å²) in [4.78, 5) is 39.4. The lowest BCUT2D eigenvalue weighted by Gasteiger charge is -2.32. The molecule has 0 atom stereocenters. The van der Waals surface area contributed by atoms with Crippen LogP contribution in [0.25, 0.3) is 10.9 Å². The molecule has 0 bridgehead atoms. The average molecular weight is 380 g/mol. The fourth-order valence-corrected chi connectivity index (χ4v) is 3.82. The Labute approximate surface area is 155 Å². The number of nitrogens with zero attached hydrogens (tertiary/aromatic N) is 3. The smallest absolute Gasteiger partial charge is 0.409 e. The number of para-hydroxylation sites is 1. The molecule has 8 heteroatoms. The van der Waals surface area contributed by atoms with E-state index in [1.54, 1.807) is 30.0 Å². The summed E-state index contributed by atoms with van der Waals surface area (Å²) in [6.45, 7) is 5.26. The third-order valence-electron chi connectivity index (χ3n) is 4.81. The Balaban J connectivity index is 2.01. The predicted molar refractivity (Wildman–Crippen MR) is 100 cm³/mol. The van der Waals surface area contributed by atoms with Crippen LogP contribution >= 0.6 is 11.6 Å². The Morgan fingerprint density at radius 2 is 1.92 bits per heavy atom. The van der Waals surface area contributed by atoms with Gasteiger partial charge < -0.3 is 9.64 Å². The van der Waals surface area contributed by atoms with Crippen LogP contribution < -0.4 is 11.2 Å². The van der Waals surface area contributed by atoms with E-state index in [-0.39, 0.29) is 23.4 Å². The summed E-state index contributed by atoms with van der Waals surface area (Å²) < 4.78 is 7.88. The van der Waals surface area contributed by atoms with Gasteiger partial charge in [-0.2, -0.15) is 0 Å². The van der Waals surface area contributed by atoms with Crippen molar-refractivity contribution < 1.29 is 9.53 Å². The monoisotopic (exact) mass is 379 g/mol. The lowest BCUT2D eigenvalue weighted by atomic mass is 10.0. The largest absolute Gasteiger partial charge is 0.450 e. The van der Waals surface area contributed by atoms with Crippen molar-refractivity contribution in [3.8, 4) is 0 Å². The summed E-state index contributed by atoms with van der Waals surface area (Å²) in [5.74, 6) is 0. The van der Waals surface area contributed by atoms with Crippen molar-refractivity contribution in [3.05, 3.63) is 44.1 Å². The molecule has 1 aromatic heterocycles. The van der Waals surface area contributed by atoms with Crippen molar-refractivity contribution in [2.45, 2.75) is 39.3 Å². The van der Waals surface area contributed by atoms with Crippen LogP contribution in [0.2, 0.25) is 5.02 Å². The lowest BCUT2D eigenvalue weighted by molar-refractivity contribution is 0.0919. The van der Waals surface area contributed by atoms with Crippen LogP contribution in [-0.4, -0.2) is 39.8 Å². The molecule has 1 amide bonds. The van der Waals surface area contributed by atoms with Gasteiger partial charge in [-0.25, -0.2) is 9.59 Å². The van der Waals surface area contributed by atoms with Gasteiger partial charge in [-0.3, -0.25) is 13.9 Å². The summed E-state index contributed by atoms with van der Waals surface area (Å²) >= 11 is 6.24. The van der Waals surface area contributed by atoms with Crippen molar-refractivity contribution in [1.29, 1.82) is 0 Å². The van der Waals surface area contributed by atoms with Crippen LogP contribution in [0.15, 0.2) is 27.8 Å². The van der Waals surface area contributed by atoms with Gasteiger partial charge in [0.05, 0.1) is 22.5 Å². The van der Waals surface area contributed by atoms with E-state index in [9.17, 15) is 14.4 Å². The first-order valence-corrected chi connectivity index (χ1v) is 9.22. The highest BCUT2D eigenvalue weighted by Gasteiger charge is 2.27. The lowest BCUT2D eigenvalue weighted by Crippen LogP contribution is -2.47. The maximum atomic E-state index is 13.0. The van der Waals surface area contributed by atoms with Gasteiger partial charge in [0, 0.05) is 25.7 Å². The molecule has 1 fully saturated rings. The van der Waals surface area contributed by atoms with E-state index in [0.717, 1.165) is 0 Å². The molecule has 2 heterocycles. The van der Waals surface area contributed by atoms with E-state index in [2.05, 4.69) is 0 Å². The van der Waals surface area contributed by atoms with Gasteiger partial charge in [-0.1, -0.05) is 17.7 Å². The summed E-state index contributed by atoms with van der Waals surface area (Å²) in [5.41, 5.74) is -0.202. The Hall–Kier alpha value is -2.28. The number of likely N-dealkylation sites (tertiary alicyclic amines) is 1. The number of aromatic nitrogens is 2. The molecule has 26 heavy (non-hydrogen) atoms. The Morgan fingerprint density at radius 1 is 1.23 bits per heavy atom. The molecular weight excluding hydrogens is 358 g/mol. The molecule has 0 saturated carbocycles. The minimum absolute atomic E-state index is 0.248. The zero-order valence-corrected chi connectivity index (χ0v) is 15.7. The third-order valence-corrected chi connectivity index (χ3v) is 5.12. The molecule has 0 spiro atoms. The van der Waals surface area contributed by atoms with Crippen LogP contribution in [0, 0.1) is 0 Å². The number of aryl methyl sites for hydroxylation is 1. The van der Waals surface area contributed by atoms with E-state index in [1.165, 1.54) is 9.13 Å². The first kappa shape index (κ1) is 18.5. The summed E-state index contributed by atoms with van der Waals surface area (Å²) in [5, 5.41) is 0.828. The van der Waals surface area contributed by atoms with E-state index in [1.807, 2.05) is 6.92 Å². The Bertz CT molecular complexity index is 942. The van der Waals surface area contributed by atoms with Crippen molar-refractivity contribution in [1.82, 2.24) is 14.0 Å². The standard InChI is InChI=1S/C18H22ClN3O4/c1-3-21-15-13(6-5-7-14(15)19)16(23)22(17(21)24)12-8-10-20(11-9-12)18(25)26-4-2/h5-7,12H,3-4,8-11H2,1-2H3. The summed E-state index contributed by atoms with van der Waals surface area (Å²) in [6.07, 6.45) is 0.711. The molecule has 140 valence electrons. The maximum absolute atomic E-state index is 13.0. The number of hydrogen-bond donors (Lipinski definition) is 0. The van der Waals surface area contributed by atoms with E-state index in [4.69, 9.17) is 16.3 Å². The summed E-state index contributed by atoms with van der Waals surface area (Å²) in [6, 6.07) is 4.84. The molecule has 0 aliphatic carbocycles. The number of carbonyl (C=O) groups excluding carboxylic acids is 1. The number of amides is 1. The van der Waals surface area contributed by atoms with Gasteiger partial charge in [0.25, 0.3) is 5.56 Å². The van der Waals surface area contributed by atoms with Crippen LogP contribution in [0.1, 0.15) is 32.7 Å². The van der Waals surface area contributed by atoms with Crippen LogP contribution in [0.3, 0.4) is 0 Å². The van der Waals surface area contributed by atoms with Crippen molar-refractivity contribution in [2.75, 3.05) is 19.7 Å². The molecule has 3 rings (SSSR count). The third kappa shape index (κ3) is 3.11. The molecule has 1 saturated heterocycles. The molecule has 0 unspecified atom stereocenters. The highest BCUT2D eigenvalue weighted by atomic mass is 35.5. The molecular formula is C18H22ClN3O4. The maximum Gasteiger partial charge on any atom is 0.409 e. The number of halogens is 1. The molecule has 7 nitrogen and oxygen atoms in total. The molecule has 2 aromatic rings. The quantitative estimate of drug-likeness (QED) is 0.821. The minimum Gasteiger partial charge on any atom is -0.450 e. The van der Waals surface area contributed by atoms with Crippen molar-refractivity contribution in [3.63, 3.8) is 0 Å². The van der Waals surface area contributed by atoms with E-state index >= 15 is 0 Å². The number of fused-ring (bicyclic) bond motifs is 1. The number of piperidine rings is 1. The Morgan fingerprint density at radius 3 is 2.54 bits per heavy atom. The molecule has 1 aliphatic heterocycles. The highest BCUT2D eigenvalue weighted by Crippen LogP contribution is 2.23. The van der Waals surface area contributed by atoms with Crippen molar-refractivity contribution >= 4 is 28.6 Å². The molecule has 0 radical (unpaired) electrons. The van der Waals surface area contributed by atoms with Crippen LogP contribution in [-0.2, 0) is 11.3 Å². The van der Waals surface area contributed by atoms with Gasteiger partial charge in [0.1, 0.15) is 0 Å². The second-order valence-electron chi connectivity index (χ2n) is 6.26. The minimum atomic E-state index is -0.354.